The Bertz CT molecular complexity index is 624. The van der Waals surface area contributed by atoms with E-state index in [1.807, 2.05) is 0 Å². The Morgan fingerprint density at radius 1 is 1.30 bits per heavy atom. The van der Waals surface area contributed by atoms with Crippen LogP contribution in [-0.2, 0) is 27.2 Å². The first kappa shape index (κ1) is 17.4. The zero-order chi connectivity index (χ0) is 17.0. The molecule has 2 amide bonds. The van der Waals surface area contributed by atoms with Crippen molar-refractivity contribution in [2.75, 3.05) is 18.5 Å². The topological polar surface area (TPSA) is 105 Å². The van der Waals surface area contributed by atoms with Crippen molar-refractivity contribution >= 4 is 34.1 Å². The van der Waals surface area contributed by atoms with Gasteiger partial charge in [-0.2, -0.15) is 0 Å². The van der Waals surface area contributed by atoms with Crippen molar-refractivity contribution in [3.8, 4) is 0 Å². The molecule has 2 rings (SSSR count). The third kappa shape index (κ3) is 4.08. The van der Waals surface area contributed by atoms with Gasteiger partial charge in [0.25, 0.3) is 0 Å². The molecule has 1 heterocycles. The largest absolute Gasteiger partial charge is 0.462 e. The second kappa shape index (κ2) is 7.56. The van der Waals surface area contributed by atoms with Gasteiger partial charge in [0.1, 0.15) is 5.00 Å². The number of hydrogen-bond acceptors (Lipinski definition) is 6. The van der Waals surface area contributed by atoms with E-state index in [9.17, 15) is 14.4 Å². The fourth-order valence-corrected chi connectivity index (χ4v) is 3.66. The van der Waals surface area contributed by atoms with Gasteiger partial charge in [0.15, 0.2) is 0 Å². The van der Waals surface area contributed by atoms with Gasteiger partial charge in [-0.05, 0) is 38.7 Å². The first-order chi connectivity index (χ1) is 10.9. The van der Waals surface area contributed by atoms with Crippen LogP contribution in [0, 0.1) is 0 Å². The number of aliphatic hydroxyl groups excluding tert-OH is 1. The molecule has 0 saturated heterocycles. The van der Waals surface area contributed by atoms with E-state index >= 15 is 0 Å². The quantitative estimate of drug-likeness (QED) is 0.544. The smallest absolute Gasteiger partial charge is 0.341 e. The molecular formula is C15H20N2O5S. The molecule has 0 radical (unpaired) electrons. The van der Waals surface area contributed by atoms with Crippen LogP contribution in [0.25, 0.3) is 0 Å². The number of aliphatic hydroxyl groups is 1. The lowest BCUT2D eigenvalue weighted by molar-refractivity contribution is -0.136. The maximum Gasteiger partial charge on any atom is 0.341 e. The molecule has 126 valence electrons. The highest BCUT2D eigenvalue weighted by molar-refractivity contribution is 7.17. The summed E-state index contributed by atoms with van der Waals surface area (Å²) in [7, 11) is 0. The molecule has 1 aromatic heterocycles. The molecule has 1 atom stereocenters. The summed E-state index contributed by atoms with van der Waals surface area (Å²) in [6.45, 7) is 3.44. The number of anilines is 1. The van der Waals surface area contributed by atoms with Gasteiger partial charge in [-0.3, -0.25) is 9.59 Å². The fourth-order valence-electron chi connectivity index (χ4n) is 2.39. The Hall–Kier alpha value is -1.93. The fraction of sp³-hybridized carbons (Fsp3) is 0.533. The van der Waals surface area contributed by atoms with E-state index in [0.717, 1.165) is 29.7 Å². The molecular weight excluding hydrogens is 320 g/mol. The van der Waals surface area contributed by atoms with Crippen LogP contribution < -0.4 is 10.6 Å². The number of amides is 2. The molecule has 0 spiro atoms. The molecule has 0 saturated carbocycles. The zero-order valence-electron chi connectivity index (χ0n) is 13.1. The molecule has 0 aliphatic heterocycles. The molecule has 7 nitrogen and oxygen atoms in total. The number of carbonyl (C=O) groups is 3. The number of esters is 1. The SMILES string of the molecule is CCOC(=O)c1c(NC(=O)C(=O)NC[C@@H](C)O)sc2c1CCC2. The van der Waals surface area contributed by atoms with Crippen molar-refractivity contribution in [1.29, 1.82) is 0 Å². The number of carbonyl (C=O) groups excluding carboxylic acids is 3. The van der Waals surface area contributed by atoms with Crippen molar-refractivity contribution in [2.45, 2.75) is 39.2 Å². The molecule has 0 aromatic carbocycles. The molecule has 0 unspecified atom stereocenters. The summed E-state index contributed by atoms with van der Waals surface area (Å²) in [5.74, 6) is -2.20. The summed E-state index contributed by atoms with van der Waals surface area (Å²) in [5, 5.41) is 14.3. The number of fused-ring (bicyclic) bond motifs is 1. The highest BCUT2D eigenvalue weighted by Gasteiger charge is 2.29. The van der Waals surface area contributed by atoms with Gasteiger partial charge in [0.05, 0.1) is 18.3 Å². The van der Waals surface area contributed by atoms with Gasteiger partial charge in [0.2, 0.25) is 0 Å². The highest BCUT2D eigenvalue weighted by Crippen LogP contribution is 2.39. The number of rotatable bonds is 5. The van der Waals surface area contributed by atoms with Crippen LogP contribution in [0.5, 0.6) is 0 Å². The minimum atomic E-state index is -0.865. The van der Waals surface area contributed by atoms with Crippen LogP contribution in [0.15, 0.2) is 0 Å². The Morgan fingerprint density at radius 3 is 2.70 bits per heavy atom. The molecule has 1 aliphatic rings. The lowest BCUT2D eigenvalue weighted by Gasteiger charge is -2.09. The molecule has 0 fully saturated rings. The summed E-state index contributed by atoms with van der Waals surface area (Å²) in [4.78, 5) is 36.8. The lowest BCUT2D eigenvalue weighted by Crippen LogP contribution is -2.38. The van der Waals surface area contributed by atoms with Crippen LogP contribution in [0.1, 0.15) is 41.1 Å². The van der Waals surface area contributed by atoms with Gasteiger partial charge in [-0.15, -0.1) is 11.3 Å². The van der Waals surface area contributed by atoms with E-state index in [0.29, 0.717) is 10.6 Å². The van der Waals surface area contributed by atoms with Gasteiger partial charge in [-0.25, -0.2) is 4.79 Å². The van der Waals surface area contributed by atoms with E-state index in [1.54, 1.807) is 6.92 Å². The average molecular weight is 340 g/mol. The first-order valence-corrected chi connectivity index (χ1v) is 8.34. The number of hydrogen-bond donors (Lipinski definition) is 3. The van der Waals surface area contributed by atoms with Crippen LogP contribution in [0.3, 0.4) is 0 Å². The molecule has 0 bridgehead atoms. The average Bonchev–Trinajstić information content (AvgIpc) is 3.04. The Kier molecular flexibility index (Phi) is 5.73. The van der Waals surface area contributed by atoms with Crippen molar-refractivity contribution in [2.24, 2.45) is 0 Å². The Balaban J connectivity index is 2.15. The van der Waals surface area contributed by atoms with Crippen LogP contribution in [0.2, 0.25) is 0 Å². The van der Waals surface area contributed by atoms with Gasteiger partial charge in [0, 0.05) is 11.4 Å². The van der Waals surface area contributed by atoms with Crippen molar-refractivity contribution < 1.29 is 24.2 Å². The van der Waals surface area contributed by atoms with Crippen LogP contribution >= 0.6 is 11.3 Å². The predicted octanol–water partition coefficient (Wildman–Crippen LogP) is 0.849. The highest BCUT2D eigenvalue weighted by atomic mass is 32.1. The van der Waals surface area contributed by atoms with Gasteiger partial charge in [-0.1, -0.05) is 0 Å². The second-order valence-electron chi connectivity index (χ2n) is 5.30. The summed E-state index contributed by atoms with van der Waals surface area (Å²) in [6, 6.07) is 0. The van der Waals surface area contributed by atoms with Crippen molar-refractivity contribution in [3.05, 3.63) is 16.0 Å². The molecule has 23 heavy (non-hydrogen) atoms. The predicted molar refractivity (Wildman–Crippen MR) is 85.6 cm³/mol. The molecule has 1 aromatic rings. The number of aryl methyl sites for hydroxylation is 1. The minimum absolute atomic E-state index is 0.0159. The van der Waals surface area contributed by atoms with Crippen molar-refractivity contribution in [1.82, 2.24) is 5.32 Å². The lowest BCUT2D eigenvalue weighted by atomic mass is 10.1. The Morgan fingerprint density at radius 2 is 2.04 bits per heavy atom. The number of thiophene rings is 1. The molecule has 1 aliphatic carbocycles. The number of nitrogens with one attached hydrogen (secondary N) is 2. The van der Waals surface area contributed by atoms with Crippen molar-refractivity contribution in [3.63, 3.8) is 0 Å². The zero-order valence-corrected chi connectivity index (χ0v) is 13.9. The summed E-state index contributed by atoms with van der Waals surface area (Å²) in [6.07, 6.45) is 1.85. The maximum atomic E-state index is 12.2. The van der Waals surface area contributed by atoms with Gasteiger partial charge >= 0.3 is 17.8 Å². The van der Waals surface area contributed by atoms with E-state index in [4.69, 9.17) is 9.84 Å². The standard InChI is InChI=1S/C15H20N2O5S/c1-3-22-15(21)11-9-5-4-6-10(9)23-14(11)17-13(20)12(19)16-7-8(2)18/h8,18H,3-7H2,1-2H3,(H,16,19)(H,17,20)/t8-/m1/s1. The summed E-state index contributed by atoms with van der Waals surface area (Å²) < 4.78 is 5.06. The Labute approximate surface area is 138 Å². The first-order valence-electron chi connectivity index (χ1n) is 7.52. The van der Waals surface area contributed by atoms with Crippen LogP contribution in [0.4, 0.5) is 5.00 Å². The molecule has 3 N–H and O–H groups in total. The normalized spacial score (nSPS) is 14.0. The number of ether oxygens (including phenoxy) is 1. The van der Waals surface area contributed by atoms with E-state index in [-0.39, 0.29) is 13.2 Å². The third-order valence-electron chi connectivity index (χ3n) is 3.39. The summed E-state index contributed by atoms with van der Waals surface area (Å²) >= 11 is 1.31. The third-order valence-corrected chi connectivity index (χ3v) is 4.60. The maximum absolute atomic E-state index is 12.2. The van der Waals surface area contributed by atoms with Gasteiger partial charge < -0.3 is 20.5 Å². The molecule has 8 heteroatoms. The minimum Gasteiger partial charge on any atom is -0.462 e. The van der Waals surface area contributed by atoms with E-state index < -0.39 is 23.9 Å². The van der Waals surface area contributed by atoms with E-state index in [2.05, 4.69) is 10.6 Å². The van der Waals surface area contributed by atoms with E-state index in [1.165, 1.54) is 18.3 Å². The monoisotopic (exact) mass is 340 g/mol. The van der Waals surface area contributed by atoms with Crippen LogP contribution in [-0.4, -0.2) is 42.1 Å². The second-order valence-corrected chi connectivity index (χ2v) is 6.40. The summed E-state index contributed by atoms with van der Waals surface area (Å²) in [5.41, 5.74) is 1.27.